The average molecular weight is 262 g/mol. The van der Waals surface area contributed by atoms with Crippen LogP contribution in [0.25, 0.3) is 0 Å². The minimum absolute atomic E-state index is 0.152. The van der Waals surface area contributed by atoms with E-state index in [1.807, 2.05) is 12.1 Å². The van der Waals surface area contributed by atoms with Crippen LogP contribution in [0.4, 0.5) is 0 Å². The Hall–Kier alpha value is -2.01. The van der Waals surface area contributed by atoms with Crippen LogP contribution in [0.2, 0.25) is 0 Å². The maximum Gasteiger partial charge on any atom is 0.242 e. The zero-order valence-corrected chi connectivity index (χ0v) is 11.1. The molecule has 0 aliphatic rings. The van der Waals surface area contributed by atoms with Crippen molar-refractivity contribution < 1.29 is 13.6 Å². The monoisotopic (exact) mass is 262 g/mol. The summed E-state index contributed by atoms with van der Waals surface area (Å²) in [6.07, 6.45) is 3.16. The molecule has 0 atom stereocenters. The number of carbonyl (C=O) groups excluding carboxylic acids is 1. The van der Waals surface area contributed by atoms with Crippen LogP contribution >= 0.6 is 0 Å². The van der Waals surface area contributed by atoms with Crippen molar-refractivity contribution in [1.29, 1.82) is 0 Å². The minimum Gasteiger partial charge on any atom is -0.467 e. The van der Waals surface area contributed by atoms with Crippen molar-refractivity contribution in [1.82, 2.24) is 4.90 Å². The predicted molar refractivity (Wildman–Crippen MR) is 69.9 cm³/mol. The molecule has 19 heavy (non-hydrogen) atoms. The second-order valence-corrected chi connectivity index (χ2v) is 5.04. The third-order valence-electron chi connectivity index (χ3n) is 2.69. The molecule has 102 valence electrons. The van der Waals surface area contributed by atoms with Gasteiger partial charge in [0.25, 0.3) is 0 Å². The highest BCUT2D eigenvalue weighted by molar-refractivity contribution is 5.85. The highest BCUT2D eigenvalue weighted by atomic mass is 16.3. The zero-order chi connectivity index (χ0) is 13.9. The Morgan fingerprint density at radius 2 is 1.63 bits per heavy atom. The molecule has 5 heteroatoms. The molecule has 2 aromatic rings. The highest BCUT2D eigenvalue weighted by Gasteiger charge is 2.29. The first-order valence-electron chi connectivity index (χ1n) is 6.10. The van der Waals surface area contributed by atoms with Crippen molar-refractivity contribution in [3.63, 3.8) is 0 Å². The SMILES string of the molecule is CC(C)(N)C(=O)N(Cc1ccco1)Cc1ccco1. The first-order chi connectivity index (χ1) is 8.97. The molecule has 0 fully saturated rings. The molecule has 0 unspecified atom stereocenters. The van der Waals surface area contributed by atoms with Crippen molar-refractivity contribution >= 4 is 5.91 Å². The van der Waals surface area contributed by atoms with Crippen LogP contribution in [0.3, 0.4) is 0 Å². The minimum atomic E-state index is -0.931. The Bertz CT molecular complexity index is 473. The van der Waals surface area contributed by atoms with E-state index in [9.17, 15) is 4.79 Å². The van der Waals surface area contributed by atoms with Gasteiger partial charge in [0.1, 0.15) is 11.5 Å². The quantitative estimate of drug-likeness (QED) is 0.896. The fraction of sp³-hybridized carbons (Fsp3) is 0.357. The van der Waals surface area contributed by atoms with E-state index in [-0.39, 0.29) is 5.91 Å². The Morgan fingerprint density at radius 3 is 1.95 bits per heavy atom. The number of hydrogen-bond donors (Lipinski definition) is 1. The van der Waals surface area contributed by atoms with Gasteiger partial charge in [-0.15, -0.1) is 0 Å². The van der Waals surface area contributed by atoms with E-state index < -0.39 is 5.54 Å². The summed E-state index contributed by atoms with van der Waals surface area (Å²) in [6.45, 7) is 4.11. The lowest BCUT2D eigenvalue weighted by atomic mass is 10.1. The molecule has 2 rings (SSSR count). The highest BCUT2D eigenvalue weighted by Crippen LogP contribution is 2.15. The molecule has 0 saturated carbocycles. The summed E-state index contributed by atoms with van der Waals surface area (Å²) in [7, 11) is 0. The van der Waals surface area contributed by atoms with Crippen LogP contribution in [0.15, 0.2) is 45.6 Å². The molecule has 1 amide bonds. The van der Waals surface area contributed by atoms with Crippen LogP contribution in [0.1, 0.15) is 25.4 Å². The van der Waals surface area contributed by atoms with Gasteiger partial charge in [0, 0.05) is 0 Å². The molecular weight excluding hydrogens is 244 g/mol. The summed E-state index contributed by atoms with van der Waals surface area (Å²) in [5.41, 5.74) is 4.95. The zero-order valence-electron chi connectivity index (χ0n) is 11.1. The van der Waals surface area contributed by atoms with Gasteiger partial charge in [-0.05, 0) is 38.1 Å². The summed E-state index contributed by atoms with van der Waals surface area (Å²) in [6, 6.07) is 7.23. The number of furan rings is 2. The van der Waals surface area contributed by atoms with E-state index in [4.69, 9.17) is 14.6 Å². The summed E-state index contributed by atoms with van der Waals surface area (Å²) < 4.78 is 10.6. The largest absolute Gasteiger partial charge is 0.467 e. The Kier molecular flexibility index (Phi) is 3.76. The average Bonchev–Trinajstić information content (AvgIpc) is 2.98. The predicted octanol–water partition coefficient (Wildman–Crippen LogP) is 2.14. The summed E-state index contributed by atoms with van der Waals surface area (Å²) in [5, 5.41) is 0. The number of nitrogens with zero attached hydrogens (tertiary/aromatic N) is 1. The van der Waals surface area contributed by atoms with E-state index in [0.29, 0.717) is 24.6 Å². The number of hydrogen-bond acceptors (Lipinski definition) is 4. The van der Waals surface area contributed by atoms with Gasteiger partial charge < -0.3 is 19.5 Å². The maximum atomic E-state index is 12.3. The lowest BCUT2D eigenvalue weighted by Gasteiger charge is -2.28. The summed E-state index contributed by atoms with van der Waals surface area (Å²) >= 11 is 0. The lowest BCUT2D eigenvalue weighted by Crippen LogP contribution is -2.50. The third-order valence-corrected chi connectivity index (χ3v) is 2.69. The Morgan fingerprint density at radius 1 is 1.16 bits per heavy atom. The molecule has 0 aliphatic heterocycles. The van der Waals surface area contributed by atoms with Gasteiger partial charge in [-0.1, -0.05) is 0 Å². The molecule has 2 N–H and O–H groups in total. The van der Waals surface area contributed by atoms with E-state index in [0.717, 1.165) is 0 Å². The summed E-state index contributed by atoms with van der Waals surface area (Å²) in [4.78, 5) is 14.0. The van der Waals surface area contributed by atoms with Gasteiger partial charge in [-0.2, -0.15) is 0 Å². The molecule has 0 saturated heterocycles. The van der Waals surface area contributed by atoms with Gasteiger partial charge in [-0.3, -0.25) is 4.79 Å². The fourth-order valence-electron chi connectivity index (χ4n) is 1.79. The van der Waals surface area contributed by atoms with Gasteiger partial charge in [0.05, 0.1) is 31.2 Å². The molecule has 0 radical (unpaired) electrons. The topological polar surface area (TPSA) is 72.6 Å². The third kappa shape index (κ3) is 3.48. The van der Waals surface area contributed by atoms with Crippen molar-refractivity contribution in [2.24, 2.45) is 5.73 Å². The lowest BCUT2D eigenvalue weighted by molar-refractivity contribution is -0.137. The fourth-order valence-corrected chi connectivity index (χ4v) is 1.79. The normalized spacial score (nSPS) is 11.5. The number of nitrogens with two attached hydrogens (primary N) is 1. The Labute approximate surface area is 112 Å². The van der Waals surface area contributed by atoms with Gasteiger partial charge >= 0.3 is 0 Å². The smallest absolute Gasteiger partial charge is 0.242 e. The number of carbonyl (C=O) groups is 1. The van der Waals surface area contributed by atoms with Crippen LogP contribution in [0.5, 0.6) is 0 Å². The molecular formula is C14H18N2O3. The van der Waals surface area contributed by atoms with E-state index in [2.05, 4.69) is 0 Å². The van der Waals surface area contributed by atoms with E-state index >= 15 is 0 Å². The first kappa shape index (κ1) is 13.4. The van der Waals surface area contributed by atoms with Crippen LogP contribution in [-0.4, -0.2) is 16.3 Å². The van der Waals surface area contributed by atoms with Crippen LogP contribution < -0.4 is 5.73 Å². The number of rotatable bonds is 5. The number of amides is 1. The van der Waals surface area contributed by atoms with Crippen LogP contribution in [0, 0.1) is 0 Å². The van der Waals surface area contributed by atoms with Gasteiger partial charge in [-0.25, -0.2) is 0 Å². The van der Waals surface area contributed by atoms with Crippen LogP contribution in [-0.2, 0) is 17.9 Å². The van der Waals surface area contributed by atoms with Gasteiger partial charge in [0.2, 0.25) is 5.91 Å². The Balaban J connectivity index is 2.15. The molecule has 0 spiro atoms. The van der Waals surface area contributed by atoms with Crippen molar-refractivity contribution in [3.05, 3.63) is 48.3 Å². The molecule has 0 aromatic carbocycles. The molecule has 0 aliphatic carbocycles. The van der Waals surface area contributed by atoms with Crippen molar-refractivity contribution in [2.75, 3.05) is 0 Å². The first-order valence-corrected chi connectivity index (χ1v) is 6.10. The molecule has 0 bridgehead atoms. The van der Waals surface area contributed by atoms with E-state index in [1.54, 1.807) is 43.4 Å². The van der Waals surface area contributed by atoms with Crippen molar-refractivity contribution in [3.8, 4) is 0 Å². The molecule has 2 aromatic heterocycles. The van der Waals surface area contributed by atoms with Gasteiger partial charge in [0.15, 0.2) is 0 Å². The second-order valence-electron chi connectivity index (χ2n) is 5.04. The van der Waals surface area contributed by atoms with Crippen molar-refractivity contribution in [2.45, 2.75) is 32.5 Å². The molecule has 5 nitrogen and oxygen atoms in total. The maximum absolute atomic E-state index is 12.3. The van der Waals surface area contributed by atoms with E-state index in [1.165, 1.54) is 0 Å². The standard InChI is InChI=1S/C14H18N2O3/c1-14(2,15)13(17)16(9-11-5-3-7-18-11)10-12-6-4-8-19-12/h3-8H,9-10,15H2,1-2H3. The summed E-state index contributed by atoms with van der Waals surface area (Å²) in [5.74, 6) is 1.27. The second kappa shape index (κ2) is 5.32. The molecule has 2 heterocycles.